The van der Waals surface area contributed by atoms with E-state index in [-0.39, 0.29) is 29.9 Å². The van der Waals surface area contributed by atoms with E-state index in [1.807, 2.05) is 19.0 Å². The molecular formula is C19H30FN3O5S. The molecule has 164 valence electrons. The highest BCUT2D eigenvalue weighted by atomic mass is 32.2. The number of carbonyl (C=O) groups excluding carboxylic acids is 1. The van der Waals surface area contributed by atoms with Gasteiger partial charge in [-0.25, -0.2) is 17.5 Å². The number of aliphatic hydroxyl groups excluding tert-OH is 1. The third-order valence-electron chi connectivity index (χ3n) is 4.74. The summed E-state index contributed by atoms with van der Waals surface area (Å²) in [5, 5.41) is 12.5. The second-order valence-corrected chi connectivity index (χ2v) is 9.16. The number of halogens is 1. The summed E-state index contributed by atoms with van der Waals surface area (Å²) >= 11 is 0. The third-order valence-corrected chi connectivity index (χ3v) is 6.25. The van der Waals surface area contributed by atoms with Crippen LogP contribution in [0.2, 0.25) is 0 Å². The number of amides is 1. The second kappa shape index (κ2) is 11.0. The highest BCUT2D eigenvalue weighted by Gasteiger charge is 2.34. The number of ether oxygens (including phenoxy) is 1. The molecule has 0 bridgehead atoms. The van der Waals surface area contributed by atoms with Gasteiger partial charge >= 0.3 is 0 Å². The predicted molar refractivity (Wildman–Crippen MR) is 106 cm³/mol. The average molecular weight is 432 g/mol. The molecule has 8 nitrogen and oxygen atoms in total. The van der Waals surface area contributed by atoms with Crippen molar-refractivity contribution in [2.75, 3.05) is 33.8 Å². The van der Waals surface area contributed by atoms with E-state index in [0.29, 0.717) is 19.4 Å². The molecule has 2 rings (SSSR count). The molecule has 1 aromatic rings. The second-order valence-electron chi connectivity index (χ2n) is 7.45. The molecule has 1 amide bonds. The summed E-state index contributed by atoms with van der Waals surface area (Å²) in [6.07, 6.45) is 0.771. The van der Waals surface area contributed by atoms with Crippen LogP contribution < -0.4 is 10.0 Å². The van der Waals surface area contributed by atoms with Crippen molar-refractivity contribution < 1.29 is 27.4 Å². The van der Waals surface area contributed by atoms with Crippen LogP contribution in [0.3, 0.4) is 0 Å². The van der Waals surface area contributed by atoms with E-state index in [1.54, 1.807) is 0 Å². The standard InChI is InChI=1S/C19H30FN3O5S/c1-23(2)11-3-10-21-19(25)12-15-6-9-17(18(13-24)28-15)22-29(26,27)16-7-4-14(20)5-8-16/h4-5,7-8,15,17-18,22,24H,3,6,9-13H2,1-2H3,(H,21,25)/t15-,17-,18-/m0/s1. The normalized spacial score (nSPS) is 22.6. The Labute approximate surface area is 171 Å². The number of nitrogens with one attached hydrogen (secondary N) is 2. The van der Waals surface area contributed by atoms with Gasteiger partial charge in [0, 0.05) is 6.54 Å². The fourth-order valence-corrected chi connectivity index (χ4v) is 4.50. The molecule has 10 heteroatoms. The monoisotopic (exact) mass is 431 g/mol. The van der Waals surface area contributed by atoms with Crippen LogP contribution in [0.5, 0.6) is 0 Å². The molecular weight excluding hydrogens is 401 g/mol. The molecule has 3 N–H and O–H groups in total. The largest absolute Gasteiger partial charge is 0.394 e. The van der Waals surface area contributed by atoms with E-state index in [9.17, 15) is 22.7 Å². The first-order chi connectivity index (χ1) is 13.7. The summed E-state index contributed by atoms with van der Waals surface area (Å²) in [5.41, 5.74) is 0. The van der Waals surface area contributed by atoms with E-state index in [4.69, 9.17) is 4.74 Å². The minimum absolute atomic E-state index is 0.0604. The Morgan fingerprint density at radius 3 is 2.59 bits per heavy atom. The summed E-state index contributed by atoms with van der Waals surface area (Å²) in [6.45, 7) is 1.08. The summed E-state index contributed by atoms with van der Waals surface area (Å²) in [5.74, 6) is -0.656. The number of hydrogen-bond donors (Lipinski definition) is 3. The van der Waals surface area contributed by atoms with Crippen molar-refractivity contribution in [3.05, 3.63) is 30.1 Å². The van der Waals surface area contributed by atoms with Crippen LogP contribution in [0.25, 0.3) is 0 Å². The number of hydrogen-bond acceptors (Lipinski definition) is 6. The molecule has 0 unspecified atom stereocenters. The average Bonchev–Trinajstić information content (AvgIpc) is 2.66. The number of rotatable bonds is 10. The van der Waals surface area contributed by atoms with E-state index < -0.39 is 28.0 Å². The maximum Gasteiger partial charge on any atom is 0.240 e. The Balaban J connectivity index is 1.85. The zero-order chi connectivity index (χ0) is 21.4. The first kappa shape index (κ1) is 23.7. The highest BCUT2D eigenvalue weighted by Crippen LogP contribution is 2.23. The van der Waals surface area contributed by atoms with E-state index >= 15 is 0 Å². The summed E-state index contributed by atoms with van der Waals surface area (Å²) < 4.78 is 46.3. The molecule has 1 aromatic carbocycles. The Morgan fingerprint density at radius 2 is 1.97 bits per heavy atom. The molecule has 1 saturated heterocycles. The first-order valence-corrected chi connectivity index (χ1v) is 11.1. The molecule has 0 spiro atoms. The molecule has 0 aliphatic carbocycles. The molecule has 0 radical (unpaired) electrons. The number of carbonyl (C=O) groups is 1. The minimum Gasteiger partial charge on any atom is -0.394 e. The van der Waals surface area contributed by atoms with E-state index in [0.717, 1.165) is 25.1 Å². The maximum atomic E-state index is 13.0. The Hall–Kier alpha value is -1.59. The van der Waals surface area contributed by atoms with Crippen LogP contribution in [-0.4, -0.2) is 76.4 Å². The van der Waals surface area contributed by atoms with Crippen molar-refractivity contribution in [2.45, 2.75) is 48.8 Å². The summed E-state index contributed by atoms with van der Waals surface area (Å²) in [7, 11) is 0.0582. The van der Waals surface area contributed by atoms with Gasteiger partial charge in [-0.15, -0.1) is 0 Å². The maximum absolute atomic E-state index is 13.0. The van der Waals surface area contributed by atoms with Crippen molar-refractivity contribution in [3.8, 4) is 0 Å². The van der Waals surface area contributed by atoms with Gasteiger partial charge in [-0.2, -0.15) is 0 Å². The lowest BCUT2D eigenvalue weighted by Crippen LogP contribution is -2.51. The van der Waals surface area contributed by atoms with Crippen molar-refractivity contribution in [2.24, 2.45) is 0 Å². The van der Waals surface area contributed by atoms with Gasteiger partial charge in [0.1, 0.15) is 5.82 Å². The van der Waals surface area contributed by atoms with Gasteiger partial charge in [0.05, 0.1) is 36.2 Å². The molecule has 29 heavy (non-hydrogen) atoms. The molecule has 3 atom stereocenters. The van der Waals surface area contributed by atoms with Crippen LogP contribution >= 0.6 is 0 Å². The first-order valence-electron chi connectivity index (χ1n) is 9.67. The SMILES string of the molecule is CN(C)CCCNC(=O)C[C@@H]1CC[C@H](NS(=O)(=O)c2ccc(F)cc2)[C@H](CO)O1. The van der Waals surface area contributed by atoms with Gasteiger partial charge in [-0.05, 0) is 64.2 Å². The van der Waals surface area contributed by atoms with Gasteiger partial charge in [0.15, 0.2) is 0 Å². The van der Waals surface area contributed by atoms with Crippen LogP contribution in [0, 0.1) is 5.82 Å². The predicted octanol–water partition coefficient (Wildman–Crippen LogP) is 0.471. The number of sulfonamides is 1. The highest BCUT2D eigenvalue weighted by molar-refractivity contribution is 7.89. The Morgan fingerprint density at radius 1 is 1.28 bits per heavy atom. The lowest BCUT2D eigenvalue weighted by Gasteiger charge is -2.35. The molecule has 1 aliphatic rings. The topological polar surface area (TPSA) is 108 Å². The Kier molecular flexibility index (Phi) is 8.97. The molecule has 1 aliphatic heterocycles. The van der Waals surface area contributed by atoms with Crippen molar-refractivity contribution in [3.63, 3.8) is 0 Å². The van der Waals surface area contributed by atoms with Crippen molar-refractivity contribution in [1.29, 1.82) is 0 Å². The van der Waals surface area contributed by atoms with Gasteiger partial charge < -0.3 is 20.1 Å². The number of benzene rings is 1. The smallest absolute Gasteiger partial charge is 0.240 e. The number of nitrogens with zero attached hydrogens (tertiary/aromatic N) is 1. The van der Waals surface area contributed by atoms with E-state index in [2.05, 4.69) is 10.0 Å². The van der Waals surface area contributed by atoms with E-state index in [1.165, 1.54) is 12.1 Å². The summed E-state index contributed by atoms with van der Waals surface area (Å²) in [6, 6.07) is 3.87. The zero-order valence-corrected chi connectivity index (χ0v) is 17.6. The van der Waals surface area contributed by atoms with Crippen LogP contribution in [0.15, 0.2) is 29.2 Å². The van der Waals surface area contributed by atoms with Crippen LogP contribution in [-0.2, 0) is 19.6 Å². The van der Waals surface area contributed by atoms with Gasteiger partial charge in [0.2, 0.25) is 15.9 Å². The minimum atomic E-state index is -3.87. The van der Waals surface area contributed by atoms with Gasteiger partial charge in [-0.1, -0.05) is 0 Å². The summed E-state index contributed by atoms with van der Waals surface area (Å²) in [4.78, 5) is 14.0. The lowest BCUT2D eigenvalue weighted by molar-refractivity contribution is -0.130. The van der Waals surface area contributed by atoms with Crippen molar-refractivity contribution >= 4 is 15.9 Å². The van der Waals surface area contributed by atoms with Crippen LogP contribution in [0.1, 0.15) is 25.7 Å². The zero-order valence-electron chi connectivity index (χ0n) is 16.8. The molecule has 1 fully saturated rings. The molecule has 0 saturated carbocycles. The van der Waals surface area contributed by atoms with Crippen molar-refractivity contribution in [1.82, 2.24) is 14.9 Å². The fraction of sp³-hybridized carbons (Fsp3) is 0.632. The van der Waals surface area contributed by atoms with Crippen LogP contribution in [0.4, 0.5) is 4.39 Å². The third kappa shape index (κ3) is 7.63. The quantitative estimate of drug-likeness (QED) is 0.465. The lowest BCUT2D eigenvalue weighted by atomic mass is 9.98. The molecule has 0 aromatic heterocycles. The molecule has 1 heterocycles. The van der Waals surface area contributed by atoms with Gasteiger partial charge in [0.25, 0.3) is 0 Å². The van der Waals surface area contributed by atoms with Gasteiger partial charge in [-0.3, -0.25) is 4.79 Å². The fourth-order valence-electron chi connectivity index (χ4n) is 3.20. The Bertz CT molecular complexity index is 758. The number of aliphatic hydroxyl groups is 1.